The largest absolute Gasteiger partial charge is 0.368 e. The van der Waals surface area contributed by atoms with E-state index in [-0.39, 0.29) is 11.8 Å². The van der Waals surface area contributed by atoms with E-state index in [9.17, 15) is 9.59 Å². The van der Waals surface area contributed by atoms with Crippen LogP contribution in [0.2, 0.25) is 0 Å². The zero-order valence-corrected chi connectivity index (χ0v) is 10.2. The molecular formula is C11H20N4O2. The lowest BCUT2D eigenvalue weighted by molar-refractivity contribution is -0.143. The number of hydrogen-bond acceptors (Lipinski definition) is 4. The van der Waals surface area contributed by atoms with Crippen LogP contribution in [0.5, 0.6) is 0 Å². The van der Waals surface area contributed by atoms with Gasteiger partial charge in [-0.15, -0.1) is 0 Å². The highest BCUT2D eigenvalue weighted by Crippen LogP contribution is 2.19. The number of amides is 2. The van der Waals surface area contributed by atoms with E-state index < -0.39 is 11.9 Å². The Balaban J connectivity index is 2.03. The molecule has 2 amide bonds. The van der Waals surface area contributed by atoms with Crippen molar-refractivity contribution in [2.75, 3.05) is 39.8 Å². The first-order valence-electron chi connectivity index (χ1n) is 6.08. The van der Waals surface area contributed by atoms with E-state index in [0.29, 0.717) is 13.1 Å². The molecule has 0 spiro atoms. The van der Waals surface area contributed by atoms with Crippen molar-refractivity contribution in [2.45, 2.75) is 12.5 Å². The number of rotatable bonds is 2. The molecule has 0 aromatic rings. The molecule has 0 aliphatic carbocycles. The van der Waals surface area contributed by atoms with E-state index in [1.54, 1.807) is 4.90 Å². The molecule has 2 aliphatic rings. The Morgan fingerprint density at radius 3 is 2.71 bits per heavy atom. The Morgan fingerprint density at radius 1 is 1.35 bits per heavy atom. The summed E-state index contributed by atoms with van der Waals surface area (Å²) in [4.78, 5) is 27.4. The summed E-state index contributed by atoms with van der Waals surface area (Å²) in [6, 6.07) is -0.484. The minimum atomic E-state index is -0.484. The van der Waals surface area contributed by atoms with Gasteiger partial charge in [-0.05, 0) is 20.0 Å². The molecule has 2 saturated heterocycles. The number of likely N-dealkylation sites (tertiary alicyclic amines) is 1. The first kappa shape index (κ1) is 12.3. The highest BCUT2D eigenvalue weighted by Gasteiger charge is 2.36. The van der Waals surface area contributed by atoms with Gasteiger partial charge in [0.1, 0.15) is 6.04 Å². The Bertz CT molecular complexity index is 321. The van der Waals surface area contributed by atoms with Gasteiger partial charge < -0.3 is 20.9 Å². The second kappa shape index (κ2) is 5.01. The average Bonchev–Trinajstić information content (AvgIpc) is 2.75. The maximum absolute atomic E-state index is 12.3. The molecule has 3 N–H and O–H groups in total. The van der Waals surface area contributed by atoms with Gasteiger partial charge in [0.25, 0.3) is 0 Å². The van der Waals surface area contributed by atoms with Crippen LogP contribution in [0, 0.1) is 5.92 Å². The Hall–Kier alpha value is -1.14. The van der Waals surface area contributed by atoms with Crippen molar-refractivity contribution in [3.05, 3.63) is 0 Å². The molecule has 2 heterocycles. The SMILES string of the molecule is CN1CCC(C(=O)N2CCNCC2C(N)=O)C1. The second-order valence-corrected chi connectivity index (χ2v) is 4.90. The molecule has 2 aliphatic heterocycles. The van der Waals surface area contributed by atoms with Gasteiger partial charge in [0.2, 0.25) is 11.8 Å². The summed E-state index contributed by atoms with van der Waals surface area (Å²) in [6.45, 7) is 3.52. The normalized spacial score (nSPS) is 30.5. The van der Waals surface area contributed by atoms with Crippen LogP contribution in [0.1, 0.15) is 6.42 Å². The van der Waals surface area contributed by atoms with Gasteiger partial charge in [-0.1, -0.05) is 0 Å². The molecule has 0 radical (unpaired) electrons. The summed E-state index contributed by atoms with van der Waals surface area (Å²) >= 11 is 0. The molecule has 6 nitrogen and oxygen atoms in total. The summed E-state index contributed by atoms with van der Waals surface area (Å²) in [6.07, 6.45) is 0.880. The van der Waals surface area contributed by atoms with Gasteiger partial charge >= 0.3 is 0 Å². The number of piperazine rings is 1. The van der Waals surface area contributed by atoms with Gasteiger partial charge in [0, 0.05) is 26.2 Å². The highest BCUT2D eigenvalue weighted by molar-refractivity contribution is 5.88. The molecule has 0 aromatic heterocycles. The topological polar surface area (TPSA) is 78.7 Å². The molecule has 6 heteroatoms. The van der Waals surface area contributed by atoms with E-state index in [4.69, 9.17) is 5.73 Å². The van der Waals surface area contributed by atoms with Crippen molar-refractivity contribution in [3.63, 3.8) is 0 Å². The lowest BCUT2D eigenvalue weighted by atomic mass is 10.0. The third kappa shape index (κ3) is 2.58. The Kier molecular flexibility index (Phi) is 3.63. The predicted molar refractivity (Wildman–Crippen MR) is 63.2 cm³/mol. The number of nitrogens with zero attached hydrogens (tertiary/aromatic N) is 2. The molecule has 96 valence electrons. The first-order chi connectivity index (χ1) is 8.09. The zero-order valence-electron chi connectivity index (χ0n) is 10.2. The van der Waals surface area contributed by atoms with E-state index >= 15 is 0 Å². The van der Waals surface area contributed by atoms with Crippen molar-refractivity contribution in [1.82, 2.24) is 15.1 Å². The molecule has 17 heavy (non-hydrogen) atoms. The molecule has 0 aromatic carbocycles. The number of carbonyl (C=O) groups excluding carboxylic acids is 2. The first-order valence-corrected chi connectivity index (χ1v) is 6.08. The summed E-state index contributed by atoms with van der Waals surface area (Å²) < 4.78 is 0. The molecule has 0 saturated carbocycles. The molecule has 2 fully saturated rings. The molecule has 2 atom stereocenters. The molecule has 2 unspecified atom stereocenters. The van der Waals surface area contributed by atoms with Crippen molar-refractivity contribution < 1.29 is 9.59 Å². The summed E-state index contributed by atoms with van der Waals surface area (Å²) in [5, 5.41) is 3.10. The summed E-state index contributed by atoms with van der Waals surface area (Å²) in [5.41, 5.74) is 5.34. The molecule has 0 bridgehead atoms. The number of primary amides is 1. The minimum Gasteiger partial charge on any atom is -0.368 e. The van der Waals surface area contributed by atoms with Gasteiger partial charge in [-0.3, -0.25) is 9.59 Å². The van der Waals surface area contributed by atoms with Gasteiger partial charge in [0.05, 0.1) is 5.92 Å². The standard InChI is InChI=1S/C11H20N4O2/c1-14-4-2-8(7-14)11(17)15-5-3-13-6-9(15)10(12)16/h8-9,13H,2-7H2,1H3,(H2,12,16). The fraction of sp³-hybridized carbons (Fsp3) is 0.818. The number of nitrogens with one attached hydrogen (secondary N) is 1. The van der Waals surface area contributed by atoms with E-state index in [2.05, 4.69) is 10.2 Å². The minimum absolute atomic E-state index is 0.0277. The van der Waals surface area contributed by atoms with Crippen LogP contribution >= 0.6 is 0 Å². The fourth-order valence-electron chi connectivity index (χ4n) is 2.59. The molecular weight excluding hydrogens is 220 g/mol. The van der Waals surface area contributed by atoms with Crippen molar-refractivity contribution in [3.8, 4) is 0 Å². The number of carbonyl (C=O) groups is 2. The van der Waals surface area contributed by atoms with Crippen molar-refractivity contribution in [1.29, 1.82) is 0 Å². The van der Waals surface area contributed by atoms with E-state index in [0.717, 1.165) is 26.1 Å². The Labute approximate surface area is 101 Å². The summed E-state index contributed by atoms with van der Waals surface area (Å²) in [7, 11) is 2.01. The van der Waals surface area contributed by atoms with E-state index in [1.165, 1.54) is 0 Å². The van der Waals surface area contributed by atoms with Crippen LogP contribution in [0.4, 0.5) is 0 Å². The van der Waals surface area contributed by atoms with Crippen LogP contribution < -0.4 is 11.1 Å². The monoisotopic (exact) mass is 240 g/mol. The van der Waals surface area contributed by atoms with Gasteiger partial charge in [-0.2, -0.15) is 0 Å². The van der Waals surface area contributed by atoms with Gasteiger partial charge in [-0.25, -0.2) is 0 Å². The highest BCUT2D eigenvalue weighted by atomic mass is 16.2. The van der Waals surface area contributed by atoms with Crippen LogP contribution in [-0.2, 0) is 9.59 Å². The van der Waals surface area contributed by atoms with Gasteiger partial charge in [0.15, 0.2) is 0 Å². The van der Waals surface area contributed by atoms with Crippen LogP contribution in [-0.4, -0.2) is 67.4 Å². The lowest BCUT2D eigenvalue weighted by Gasteiger charge is -2.35. The van der Waals surface area contributed by atoms with E-state index in [1.807, 2.05) is 7.05 Å². The smallest absolute Gasteiger partial charge is 0.241 e. The van der Waals surface area contributed by atoms with Crippen molar-refractivity contribution >= 4 is 11.8 Å². The Morgan fingerprint density at radius 2 is 2.12 bits per heavy atom. The second-order valence-electron chi connectivity index (χ2n) is 4.90. The third-order valence-corrected chi connectivity index (χ3v) is 3.60. The zero-order chi connectivity index (χ0) is 12.4. The number of nitrogens with two attached hydrogens (primary N) is 1. The summed E-state index contributed by atoms with van der Waals surface area (Å²) in [5.74, 6) is -0.309. The maximum atomic E-state index is 12.3. The lowest BCUT2D eigenvalue weighted by Crippen LogP contribution is -2.60. The quantitative estimate of drug-likeness (QED) is 0.598. The maximum Gasteiger partial charge on any atom is 0.241 e. The third-order valence-electron chi connectivity index (χ3n) is 3.60. The van der Waals surface area contributed by atoms with Crippen LogP contribution in [0.15, 0.2) is 0 Å². The fourth-order valence-corrected chi connectivity index (χ4v) is 2.59. The molecule has 2 rings (SSSR count). The van der Waals surface area contributed by atoms with Crippen LogP contribution in [0.25, 0.3) is 0 Å². The van der Waals surface area contributed by atoms with Crippen molar-refractivity contribution in [2.24, 2.45) is 11.7 Å². The predicted octanol–water partition coefficient (Wildman–Crippen LogP) is -1.78. The van der Waals surface area contributed by atoms with Crippen LogP contribution in [0.3, 0.4) is 0 Å². The average molecular weight is 240 g/mol. The number of hydrogen-bond donors (Lipinski definition) is 2.